The van der Waals surface area contributed by atoms with E-state index in [0.717, 1.165) is 0 Å². The number of carbonyl (C=O) groups is 3. The van der Waals surface area contributed by atoms with Gasteiger partial charge in [-0.05, 0) is 27.5 Å². The fraction of sp³-hybridized carbons (Fsp3) is 0.500. The van der Waals surface area contributed by atoms with E-state index < -0.39 is 17.7 Å². The number of hydrogen-bond donors (Lipinski definition) is 2. The smallest absolute Gasteiger partial charge is 0.407 e. The van der Waals surface area contributed by atoms with E-state index in [2.05, 4.69) is 28.3 Å². The maximum absolute atomic E-state index is 11.5. The molecule has 0 fully saturated rings. The van der Waals surface area contributed by atoms with Crippen molar-refractivity contribution in [3.05, 3.63) is 24.0 Å². The molecule has 9 nitrogen and oxygen atoms in total. The Bertz CT molecular complexity index is 508. The van der Waals surface area contributed by atoms with Crippen molar-refractivity contribution in [1.29, 1.82) is 0 Å². The minimum absolute atomic E-state index is 0.144. The van der Waals surface area contributed by atoms with Crippen molar-refractivity contribution < 1.29 is 29.0 Å². The zero-order chi connectivity index (χ0) is 20.0. The van der Waals surface area contributed by atoms with Crippen LogP contribution < -0.4 is 5.32 Å². The average Bonchev–Trinajstić information content (AvgIpc) is 2.49. The van der Waals surface area contributed by atoms with Crippen molar-refractivity contribution in [3.8, 4) is 0 Å². The molecule has 9 heteroatoms. The first-order valence-corrected chi connectivity index (χ1v) is 7.20. The number of carboxylic acid groups (broad SMARTS) is 1. The number of aliphatic imine (C=N–C) groups is 1. The Labute approximate surface area is 148 Å². The van der Waals surface area contributed by atoms with Crippen molar-refractivity contribution >= 4 is 25.2 Å². The predicted octanol–water partition coefficient (Wildman–Crippen LogP) is 1.41. The molecule has 0 aliphatic heterocycles. The number of amides is 2. The maximum Gasteiger partial charge on any atom is 0.407 e. The molecule has 0 aliphatic carbocycles. The number of methoxy groups -OCH3 is 1. The van der Waals surface area contributed by atoms with E-state index in [-0.39, 0.29) is 13.2 Å². The molecule has 0 spiro atoms. The van der Waals surface area contributed by atoms with Gasteiger partial charge in [0.15, 0.2) is 0 Å². The summed E-state index contributed by atoms with van der Waals surface area (Å²) < 4.78 is 9.30. The molecule has 0 bridgehead atoms. The minimum Gasteiger partial charge on any atom is -0.480 e. The Hall–Kier alpha value is -2.68. The second-order valence-electron chi connectivity index (χ2n) is 5.61. The summed E-state index contributed by atoms with van der Waals surface area (Å²) >= 11 is 0. The normalized spacial score (nSPS) is 11.1. The first kappa shape index (κ1) is 24.6. The molecular formula is C16H27N3O6. The van der Waals surface area contributed by atoms with E-state index in [0.29, 0.717) is 17.8 Å². The molecule has 0 heterocycles. The zero-order valence-corrected chi connectivity index (χ0v) is 15.4. The van der Waals surface area contributed by atoms with Gasteiger partial charge in [0.25, 0.3) is 0 Å². The largest absolute Gasteiger partial charge is 0.480 e. The quantitative estimate of drug-likeness (QED) is 0.385. The van der Waals surface area contributed by atoms with Crippen molar-refractivity contribution in [2.75, 3.05) is 27.3 Å². The summed E-state index contributed by atoms with van der Waals surface area (Å²) in [6.45, 7) is 12.3. The number of aliphatic carboxylic acids is 1. The number of alkyl carbamates (subject to hydrolysis) is 1. The first-order chi connectivity index (χ1) is 11.5. The SMILES string of the molecule is C=C/C(CNC(=O)OC(C)(C)C)=C(\N=C)N(C)C=O.COCC(=O)O. The van der Waals surface area contributed by atoms with E-state index in [1.165, 1.54) is 25.1 Å². The lowest BCUT2D eigenvalue weighted by Crippen LogP contribution is -2.34. The maximum atomic E-state index is 11.5. The summed E-state index contributed by atoms with van der Waals surface area (Å²) in [6.07, 6.45) is 1.55. The van der Waals surface area contributed by atoms with Crippen LogP contribution in [0.1, 0.15) is 20.8 Å². The van der Waals surface area contributed by atoms with E-state index in [1.54, 1.807) is 20.8 Å². The highest BCUT2D eigenvalue weighted by Gasteiger charge is 2.16. The van der Waals surface area contributed by atoms with Crippen LogP contribution in [0.4, 0.5) is 4.79 Å². The lowest BCUT2D eigenvalue weighted by Gasteiger charge is -2.20. The Kier molecular flexibility index (Phi) is 12.5. The molecule has 0 aromatic rings. The first-order valence-electron chi connectivity index (χ1n) is 7.20. The lowest BCUT2D eigenvalue weighted by molar-refractivity contribution is -0.141. The number of nitrogens with zero attached hydrogens (tertiary/aromatic N) is 2. The summed E-state index contributed by atoms with van der Waals surface area (Å²) in [5.41, 5.74) is -0.00297. The predicted molar refractivity (Wildman–Crippen MR) is 94.3 cm³/mol. The summed E-state index contributed by atoms with van der Waals surface area (Å²) in [5.74, 6) is -0.599. The van der Waals surface area contributed by atoms with Crippen molar-refractivity contribution in [2.24, 2.45) is 4.99 Å². The second kappa shape index (κ2) is 12.7. The van der Waals surface area contributed by atoms with Crippen molar-refractivity contribution in [3.63, 3.8) is 0 Å². The Morgan fingerprint density at radius 2 is 1.92 bits per heavy atom. The van der Waals surface area contributed by atoms with Crippen LogP contribution in [0, 0.1) is 0 Å². The highest BCUT2D eigenvalue weighted by Crippen LogP contribution is 2.10. The number of rotatable bonds is 8. The summed E-state index contributed by atoms with van der Waals surface area (Å²) in [7, 11) is 2.88. The molecule has 25 heavy (non-hydrogen) atoms. The van der Waals surface area contributed by atoms with E-state index in [4.69, 9.17) is 9.84 Å². The third-order valence-electron chi connectivity index (χ3n) is 2.27. The van der Waals surface area contributed by atoms with Gasteiger partial charge in [-0.25, -0.2) is 14.6 Å². The Balaban J connectivity index is 0. The van der Waals surface area contributed by atoms with Crippen LogP contribution in [0.3, 0.4) is 0 Å². The molecule has 0 atom stereocenters. The molecule has 142 valence electrons. The van der Waals surface area contributed by atoms with E-state index >= 15 is 0 Å². The molecule has 0 aromatic heterocycles. The topological polar surface area (TPSA) is 118 Å². The molecular weight excluding hydrogens is 330 g/mol. The van der Waals surface area contributed by atoms with E-state index in [1.807, 2.05) is 0 Å². The van der Waals surface area contributed by atoms with Crippen LogP contribution >= 0.6 is 0 Å². The number of ether oxygens (including phenoxy) is 2. The molecule has 2 N–H and O–H groups in total. The molecule has 0 aromatic carbocycles. The monoisotopic (exact) mass is 357 g/mol. The van der Waals surface area contributed by atoms with Gasteiger partial charge in [0.2, 0.25) is 6.41 Å². The fourth-order valence-electron chi connectivity index (χ4n) is 1.34. The van der Waals surface area contributed by atoms with Crippen LogP contribution in [-0.2, 0) is 19.1 Å². The number of carboxylic acids is 1. The van der Waals surface area contributed by atoms with Crippen LogP contribution in [0.2, 0.25) is 0 Å². The highest BCUT2D eigenvalue weighted by molar-refractivity contribution is 5.68. The third kappa shape index (κ3) is 13.5. The fourth-order valence-corrected chi connectivity index (χ4v) is 1.34. The molecule has 0 unspecified atom stereocenters. The van der Waals surface area contributed by atoms with E-state index in [9.17, 15) is 14.4 Å². The van der Waals surface area contributed by atoms with Crippen molar-refractivity contribution in [1.82, 2.24) is 10.2 Å². The number of hydrogen-bond acceptors (Lipinski definition) is 6. The van der Waals surface area contributed by atoms with Gasteiger partial charge < -0.3 is 24.8 Å². The van der Waals surface area contributed by atoms with Gasteiger partial charge in [-0.2, -0.15) is 0 Å². The molecule has 0 radical (unpaired) electrons. The third-order valence-corrected chi connectivity index (χ3v) is 2.27. The van der Waals surface area contributed by atoms with Gasteiger partial charge in [0.05, 0.1) is 0 Å². The molecule has 0 saturated heterocycles. The number of carbonyl (C=O) groups excluding carboxylic acids is 2. The minimum atomic E-state index is -0.933. The van der Waals surface area contributed by atoms with Gasteiger partial charge >= 0.3 is 12.1 Å². The van der Waals surface area contributed by atoms with Gasteiger partial charge in [0.1, 0.15) is 18.0 Å². The van der Waals surface area contributed by atoms with Crippen LogP contribution in [0.5, 0.6) is 0 Å². The van der Waals surface area contributed by atoms with Crippen molar-refractivity contribution in [2.45, 2.75) is 26.4 Å². The van der Waals surface area contributed by atoms with Crippen LogP contribution in [0.25, 0.3) is 0 Å². The highest BCUT2D eigenvalue weighted by atomic mass is 16.6. The van der Waals surface area contributed by atoms with Gasteiger partial charge in [-0.3, -0.25) is 4.79 Å². The summed E-state index contributed by atoms with van der Waals surface area (Å²) in [6, 6.07) is 0. The molecule has 2 amide bonds. The van der Waals surface area contributed by atoms with Gasteiger partial charge in [-0.1, -0.05) is 12.7 Å². The molecule has 0 aliphatic rings. The standard InChI is InChI=1S/C13H21N3O3.C3H6O3/c1-7-10(11(14-5)16(6)9-17)8-15-12(18)19-13(2,3)4;1-6-2-3(4)5/h7,9H,1,5,8H2,2-4,6H3,(H,15,18);2H2,1H3,(H,4,5)/b11-10-;. The van der Waals surface area contributed by atoms with Crippen LogP contribution in [-0.4, -0.2) is 68.1 Å². The van der Waals surface area contributed by atoms with Crippen LogP contribution in [0.15, 0.2) is 29.0 Å². The summed E-state index contributed by atoms with van der Waals surface area (Å²) in [5, 5.41) is 10.4. The lowest BCUT2D eigenvalue weighted by atomic mass is 10.2. The summed E-state index contributed by atoms with van der Waals surface area (Å²) in [4.78, 5) is 36.7. The molecule has 0 saturated carbocycles. The number of nitrogens with one attached hydrogen (secondary N) is 1. The molecule has 0 rings (SSSR count). The average molecular weight is 357 g/mol. The van der Waals surface area contributed by atoms with Gasteiger partial charge in [0, 0.05) is 26.3 Å². The Morgan fingerprint density at radius 3 is 2.20 bits per heavy atom. The van der Waals surface area contributed by atoms with Gasteiger partial charge in [-0.15, -0.1) is 0 Å². The Morgan fingerprint density at radius 1 is 1.36 bits per heavy atom. The zero-order valence-electron chi connectivity index (χ0n) is 15.4. The second-order valence-corrected chi connectivity index (χ2v) is 5.61.